The third kappa shape index (κ3) is 3.93. The zero-order valence-corrected chi connectivity index (χ0v) is 16.5. The number of thioether (sulfide) groups is 1. The molecule has 0 unspecified atom stereocenters. The van der Waals surface area contributed by atoms with Crippen LogP contribution < -0.4 is 4.90 Å². The van der Waals surface area contributed by atoms with E-state index in [1.54, 1.807) is 11.0 Å². The van der Waals surface area contributed by atoms with E-state index in [2.05, 4.69) is 10.2 Å². The predicted octanol–water partition coefficient (Wildman–Crippen LogP) is 2.13. The van der Waals surface area contributed by atoms with Gasteiger partial charge >= 0.3 is 0 Å². The minimum Gasteiger partial charge on any atom is -0.309 e. The molecule has 2 aromatic rings. The van der Waals surface area contributed by atoms with Gasteiger partial charge in [-0.2, -0.15) is 0 Å². The number of hydrogen-bond acceptors (Lipinski definition) is 6. The Morgan fingerprint density at radius 2 is 2.00 bits per heavy atom. The van der Waals surface area contributed by atoms with Crippen LogP contribution in [0.15, 0.2) is 47.0 Å². The zero-order chi connectivity index (χ0) is 19.0. The Morgan fingerprint density at radius 1 is 1.26 bits per heavy atom. The van der Waals surface area contributed by atoms with Crippen LogP contribution in [0.2, 0.25) is 0 Å². The molecule has 1 fully saturated rings. The summed E-state index contributed by atoms with van der Waals surface area (Å²) in [6.07, 6.45) is 3.86. The molecule has 27 heavy (non-hydrogen) atoms. The van der Waals surface area contributed by atoms with E-state index in [0.717, 1.165) is 18.7 Å². The van der Waals surface area contributed by atoms with Crippen molar-refractivity contribution in [2.24, 2.45) is 7.05 Å². The molecule has 0 bridgehead atoms. The number of rotatable bonds is 6. The Labute approximate surface area is 162 Å². The number of para-hydroxylation sites is 1. The van der Waals surface area contributed by atoms with Gasteiger partial charge in [0, 0.05) is 24.1 Å². The first-order chi connectivity index (χ1) is 12.9. The van der Waals surface area contributed by atoms with Crippen LogP contribution in [0.3, 0.4) is 0 Å². The van der Waals surface area contributed by atoms with Gasteiger partial charge in [-0.05, 0) is 31.1 Å². The van der Waals surface area contributed by atoms with Crippen LogP contribution in [0.5, 0.6) is 0 Å². The third-order valence-electron chi connectivity index (χ3n) is 4.68. The van der Waals surface area contributed by atoms with E-state index in [9.17, 15) is 13.2 Å². The first kappa shape index (κ1) is 18.2. The normalized spacial score (nSPS) is 20.7. The minimum absolute atomic E-state index is 0.0892. The molecule has 0 N–H and O–H groups in total. The number of amides is 1. The number of aromatic nitrogens is 3. The van der Waals surface area contributed by atoms with Crippen molar-refractivity contribution in [2.75, 3.05) is 16.4 Å². The highest BCUT2D eigenvalue weighted by molar-refractivity contribution is 7.99. The molecule has 9 heteroatoms. The summed E-state index contributed by atoms with van der Waals surface area (Å²) < 4.78 is 25.6. The minimum atomic E-state index is -3.26. The Hall–Kier alpha value is -2.13. The summed E-state index contributed by atoms with van der Waals surface area (Å²) in [6, 6.07) is 8.67. The van der Waals surface area contributed by atoms with Gasteiger partial charge in [0.05, 0.1) is 17.5 Å². The van der Waals surface area contributed by atoms with Crippen molar-refractivity contribution in [3.8, 4) is 0 Å². The molecule has 2 aliphatic rings. The van der Waals surface area contributed by atoms with Gasteiger partial charge in [0.2, 0.25) is 5.91 Å². The van der Waals surface area contributed by atoms with E-state index >= 15 is 0 Å². The molecule has 1 amide bonds. The summed E-state index contributed by atoms with van der Waals surface area (Å²) in [6.45, 7) is 0. The molecule has 142 valence electrons. The molecule has 1 aromatic carbocycles. The highest BCUT2D eigenvalue weighted by atomic mass is 32.2. The summed E-state index contributed by atoms with van der Waals surface area (Å²) in [4.78, 5) is 14.6. The molecule has 0 saturated heterocycles. The van der Waals surface area contributed by atoms with E-state index in [0.29, 0.717) is 16.8 Å². The van der Waals surface area contributed by atoms with Crippen molar-refractivity contribution >= 4 is 33.2 Å². The third-order valence-corrected chi connectivity index (χ3v) is 7.06. The molecule has 0 radical (unpaired) electrons. The van der Waals surface area contributed by atoms with Gasteiger partial charge < -0.3 is 9.47 Å². The molecule has 4 rings (SSSR count). The summed E-state index contributed by atoms with van der Waals surface area (Å²) in [5.41, 5.74) is 0.687. The molecule has 1 aliphatic heterocycles. The van der Waals surface area contributed by atoms with Crippen LogP contribution in [-0.4, -0.2) is 46.6 Å². The number of anilines is 1. The Balaban J connectivity index is 1.51. The lowest BCUT2D eigenvalue weighted by atomic mass is 10.2. The van der Waals surface area contributed by atoms with Gasteiger partial charge in [-0.3, -0.25) is 4.79 Å². The molecule has 1 atom stereocenters. The second-order valence-corrected chi connectivity index (χ2v) is 9.66. The second kappa shape index (κ2) is 7.12. The van der Waals surface area contributed by atoms with Crippen molar-refractivity contribution in [3.63, 3.8) is 0 Å². The molecule has 1 aliphatic carbocycles. The largest absolute Gasteiger partial charge is 0.309 e. The highest BCUT2D eigenvalue weighted by Gasteiger charge is 2.32. The molecule has 1 aromatic heterocycles. The fourth-order valence-corrected chi connectivity index (χ4v) is 5.22. The molecular weight excluding hydrogens is 384 g/mol. The van der Waals surface area contributed by atoms with Crippen LogP contribution >= 0.6 is 11.8 Å². The van der Waals surface area contributed by atoms with Crippen LogP contribution in [0.25, 0.3) is 0 Å². The molecule has 0 spiro atoms. The predicted molar refractivity (Wildman–Crippen MR) is 104 cm³/mol. The lowest BCUT2D eigenvalue weighted by Crippen LogP contribution is -2.42. The van der Waals surface area contributed by atoms with Crippen molar-refractivity contribution in [1.82, 2.24) is 14.8 Å². The lowest BCUT2D eigenvalue weighted by Gasteiger charge is -2.27. The lowest BCUT2D eigenvalue weighted by molar-refractivity contribution is -0.116. The van der Waals surface area contributed by atoms with Gasteiger partial charge in [0.15, 0.2) is 15.0 Å². The maximum atomic E-state index is 13.0. The Morgan fingerprint density at radius 3 is 2.63 bits per heavy atom. The average Bonchev–Trinajstić information content (AvgIpc) is 3.33. The van der Waals surface area contributed by atoms with Crippen LogP contribution in [0, 0.1) is 0 Å². The van der Waals surface area contributed by atoms with E-state index < -0.39 is 15.9 Å². The highest BCUT2D eigenvalue weighted by Crippen LogP contribution is 2.39. The Bertz CT molecular complexity index is 981. The number of carbonyl (C=O) groups is 1. The summed E-state index contributed by atoms with van der Waals surface area (Å²) in [7, 11) is -1.34. The summed E-state index contributed by atoms with van der Waals surface area (Å²) >= 11 is 1.33. The summed E-state index contributed by atoms with van der Waals surface area (Å²) in [5.74, 6) is 1.37. The molecule has 1 saturated carbocycles. The van der Waals surface area contributed by atoms with Gasteiger partial charge in [0.25, 0.3) is 0 Å². The van der Waals surface area contributed by atoms with Gasteiger partial charge in [-0.15, -0.1) is 10.2 Å². The smallest absolute Gasteiger partial charge is 0.238 e. The second-order valence-electron chi connectivity index (χ2n) is 6.79. The topological polar surface area (TPSA) is 85.2 Å². The van der Waals surface area contributed by atoms with Gasteiger partial charge in [-0.25, -0.2) is 8.42 Å². The van der Waals surface area contributed by atoms with Gasteiger partial charge in [0.1, 0.15) is 5.82 Å². The SMILES string of the molecule is Cn1c(SCC(=O)N(c2ccccc2)[C@H]2C=CS(=O)(=O)C2)nnc1C1CC1. The fraction of sp³-hybridized carbons (Fsp3) is 0.389. The number of hydrogen-bond donors (Lipinski definition) is 0. The average molecular weight is 405 g/mol. The van der Waals surface area contributed by atoms with E-state index in [-0.39, 0.29) is 17.4 Å². The van der Waals surface area contributed by atoms with Crippen molar-refractivity contribution < 1.29 is 13.2 Å². The Kier molecular flexibility index (Phi) is 4.81. The van der Waals surface area contributed by atoms with E-state index in [1.807, 2.05) is 41.9 Å². The van der Waals surface area contributed by atoms with E-state index in [1.165, 1.54) is 17.2 Å². The number of benzene rings is 1. The van der Waals surface area contributed by atoms with Crippen molar-refractivity contribution in [2.45, 2.75) is 30.0 Å². The quantitative estimate of drug-likeness (QED) is 0.686. The zero-order valence-electron chi connectivity index (χ0n) is 14.9. The van der Waals surface area contributed by atoms with Gasteiger partial charge in [-0.1, -0.05) is 30.0 Å². The maximum absolute atomic E-state index is 13.0. The molecular formula is C18H20N4O3S2. The monoisotopic (exact) mass is 404 g/mol. The number of sulfone groups is 1. The first-order valence-corrected chi connectivity index (χ1v) is 11.4. The standard InChI is InChI=1S/C18H20N4O3S2/c1-21-17(13-7-8-13)19-20-18(21)26-11-16(23)22(14-5-3-2-4-6-14)15-9-10-27(24,25)12-15/h2-6,9-10,13,15H,7-8,11-12H2,1H3/t15-/m0/s1. The maximum Gasteiger partial charge on any atom is 0.238 e. The fourth-order valence-electron chi connectivity index (χ4n) is 3.17. The summed E-state index contributed by atoms with van der Waals surface area (Å²) in [5, 5.41) is 10.3. The van der Waals surface area contributed by atoms with Crippen LogP contribution in [-0.2, 0) is 21.7 Å². The van der Waals surface area contributed by atoms with Crippen LogP contribution in [0.4, 0.5) is 5.69 Å². The first-order valence-electron chi connectivity index (χ1n) is 8.75. The molecule has 2 heterocycles. The van der Waals surface area contributed by atoms with Crippen LogP contribution in [0.1, 0.15) is 24.6 Å². The number of carbonyl (C=O) groups excluding carboxylic acids is 1. The molecule has 7 nitrogen and oxygen atoms in total. The van der Waals surface area contributed by atoms with Crippen molar-refractivity contribution in [1.29, 1.82) is 0 Å². The van der Waals surface area contributed by atoms with Crippen molar-refractivity contribution in [3.05, 3.63) is 47.6 Å². The van der Waals surface area contributed by atoms with E-state index in [4.69, 9.17) is 0 Å². The number of nitrogens with zero attached hydrogens (tertiary/aromatic N) is 4.